The fourth-order valence-corrected chi connectivity index (χ4v) is 4.52. The summed E-state index contributed by atoms with van der Waals surface area (Å²) in [6.45, 7) is -0.452. The van der Waals surface area contributed by atoms with Gasteiger partial charge >= 0.3 is 5.97 Å². The molecular weight excluding hydrogens is 358 g/mol. The highest BCUT2D eigenvalue weighted by Crippen LogP contribution is 2.32. The number of fused-ring (bicyclic) bond motifs is 1. The molecule has 138 valence electrons. The number of ether oxygens (including phenoxy) is 1. The molecule has 0 bridgehead atoms. The lowest BCUT2D eigenvalue weighted by Crippen LogP contribution is -2.31. The lowest BCUT2D eigenvalue weighted by atomic mass is 10.0. The molecule has 1 saturated heterocycles. The summed E-state index contributed by atoms with van der Waals surface area (Å²) in [6, 6.07) is 10.5. The van der Waals surface area contributed by atoms with E-state index in [1.807, 2.05) is 12.1 Å². The Kier molecular flexibility index (Phi) is 5.13. The summed E-state index contributed by atoms with van der Waals surface area (Å²) >= 11 is 0. The molecule has 8 heteroatoms. The number of carboxylic acids is 1. The van der Waals surface area contributed by atoms with Crippen LogP contribution in [0, 0.1) is 5.92 Å². The van der Waals surface area contributed by atoms with Crippen LogP contribution in [-0.4, -0.2) is 43.5 Å². The number of aliphatic carboxylic acids is 1. The summed E-state index contributed by atoms with van der Waals surface area (Å²) in [7, 11) is -3.02. The molecule has 2 aromatic carbocycles. The van der Waals surface area contributed by atoms with Crippen molar-refractivity contribution in [3.05, 3.63) is 36.4 Å². The van der Waals surface area contributed by atoms with Gasteiger partial charge in [0.15, 0.2) is 6.61 Å². The van der Waals surface area contributed by atoms with E-state index < -0.39 is 22.4 Å². The average Bonchev–Trinajstić information content (AvgIpc) is 2.60. The van der Waals surface area contributed by atoms with Gasteiger partial charge < -0.3 is 15.2 Å². The zero-order valence-corrected chi connectivity index (χ0v) is 14.8. The monoisotopic (exact) mass is 377 g/mol. The Balaban J connectivity index is 1.81. The number of hydrogen-bond donors (Lipinski definition) is 2. The molecule has 0 unspecified atom stereocenters. The molecule has 1 amide bonds. The maximum Gasteiger partial charge on any atom is 0.341 e. The van der Waals surface area contributed by atoms with Crippen molar-refractivity contribution < 1.29 is 27.9 Å². The van der Waals surface area contributed by atoms with Crippen LogP contribution in [0.1, 0.15) is 12.8 Å². The van der Waals surface area contributed by atoms with E-state index in [1.54, 1.807) is 24.3 Å². The van der Waals surface area contributed by atoms with Gasteiger partial charge in [0, 0.05) is 22.4 Å². The molecule has 0 spiro atoms. The fourth-order valence-electron chi connectivity index (χ4n) is 3.03. The van der Waals surface area contributed by atoms with Gasteiger partial charge in [-0.1, -0.05) is 24.3 Å². The van der Waals surface area contributed by atoms with Gasteiger partial charge in [0.05, 0.1) is 11.5 Å². The SMILES string of the molecule is O=C(O)COc1ccc(NC(=O)C2CCS(=O)(=O)CC2)c2ccccc12. The van der Waals surface area contributed by atoms with E-state index in [2.05, 4.69) is 5.32 Å². The third kappa shape index (κ3) is 4.13. The summed E-state index contributed by atoms with van der Waals surface area (Å²) in [5.74, 6) is -1.12. The summed E-state index contributed by atoms with van der Waals surface area (Å²) in [5, 5.41) is 13.1. The number of rotatable bonds is 5. The number of anilines is 1. The number of hydrogen-bond acceptors (Lipinski definition) is 5. The van der Waals surface area contributed by atoms with E-state index in [4.69, 9.17) is 9.84 Å². The normalized spacial score (nSPS) is 16.9. The smallest absolute Gasteiger partial charge is 0.341 e. The van der Waals surface area contributed by atoms with E-state index >= 15 is 0 Å². The Morgan fingerprint density at radius 2 is 1.73 bits per heavy atom. The van der Waals surface area contributed by atoms with Crippen molar-refractivity contribution in [1.82, 2.24) is 0 Å². The molecule has 3 rings (SSSR count). The minimum Gasteiger partial charge on any atom is -0.481 e. The Morgan fingerprint density at radius 3 is 2.38 bits per heavy atom. The third-order valence-electron chi connectivity index (χ3n) is 4.42. The standard InChI is InChI=1S/C18H19NO6S/c20-17(21)11-25-16-6-5-15(13-3-1-2-4-14(13)16)19-18(22)12-7-9-26(23,24)10-8-12/h1-6,12H,7-11H2,(H,19,22)(H,20,21). The quantitative estimate of drug-likeness (QED) is 0.825. The Labute approximate surface area is 150 Å². The minimum atomic E-state index is -3.02. The van der Waals surface area contributed by atoms with E-state index in [-0.39, 0.29) is 23.3 Å². The summed E-state index contributed by atoms with van der Waals surface area (Å²) in [4.78, 5) is 23.2. The molecule has 26 heavy (non-hydrogen) atoms. The van der Waals surface area contributed by atoms with Crippen molar-refractivity contribution in [1.29, 1.82) is 0 Å². The second-order valence-corrected chi connectivity index (χ2v) is 8.56. The number of nitrogens with one attached hydrogen (secondary N) is 1. The second-order valence-electron chi connectivity index (χ2n) is 6.25. The maximum absolute atomic E-state index is 12.5. The van der Waals surface area contributed by atoms with Gasteiger partial charge in [0.2, 0.25) is 5.91 Å². The maximum atomic E-state index is 12.5. The topological polar surface area (TPSA) is 110 Å². The van der Waals surface area contributed by atoms with Gasteiger partial charge in [-0.3, -0.25) is 4.79 Å². The van der Waals surface area contributed by atoms with Gasteiger partial charge in [0.25, 0.3) is 0 Å². The number of amides is 1. The first-order chi connectivity index (χ1) is 12.4. The highest BCUT2D eigenvalue weighted by atomic mass is 32.2. The molecule has 0 aliphatic carbocycles. The van der Waals surface area contributed by atoms with Crippen LogP contribution in [0.4, 0.5) is 5.69 Å². The van der Waals surface area contributed by atoms with Crippen LogP contribution in [0.25, 0.3) is 10.8 Å². The number of carboxylic acid groups (broad SMARTS) is 1. The molecule has 0 aromatic heterocycles. The van der Waals surface area contributed by atoms with E-state index in [1.165, 1.54) is 0 Å². The fraction of sp³-hybridized carbons (Fsp3) is 0.333. The van der Waals surface area contributed by atoms with Crippen LogP contribution >= 0.6 is 0 Å². The lowest BCUT2D eigenvalue weighted by Gasteiger charge is -2.21. The van der Waals surface area contributed by atoms with Crippen molar-refractivity contribution in [2.24, 2.45) is 5.92 Å². The van der Waals surface area contributed by atoms with Crippen LogP contribution in [0.3, 0.4) is 0 Å². The molecule has 0 atom stereocenters. The van der Waals surface area contributed by atoms with Crippen molar-refractivity contribution >= 4 is 38.2 Å². The number of sulfone groups is 1. The molecule has 1 aliphatic rings. The Hall–Kier alpha value is -2.61. The molecule has 2 N–H and O–H groups in total. The molecule has 2 aromatic rings. The first-order valence-corrected chi connectivity index (χ1v) is 10.1. The third-order valence-corrected chi connectivity index (χ3v) is 6.13. The van der Waals surface area contributed by atoms with E-state index in [0.29, 0.717) is 29.7 Å². The molecule has 1 heterocycles. The molecule has 1 aliphatic heterocycles. The number of carbonyl (C=O) groups excluding carboxylic acids is 1. The van der Waals surface area contributed by atoms with Gasteiger partial charge in [-0.05, 0) is 25.0 Å². The van der Waals surface area contributed by atoms with Crippen LogP contribution in [0.5, 0.6) is 5.75 Å². The molecule has 0 saturated carbocycles. The lowest BCUT2D eigenvalue weighted by molar-refractivity contribution is -0.139. The minimum absolute atomic E-state index is 0.0355. The van der Waals surface area contributed by atoms with Gasteiger partial charge in [0.1, 0.15) is 15.6 Å². The van der Waals surface area contributed by atoms with Crippen LogP contribution in [0.2, 0.25) is 0 Å². The molecule has 7 nitrogen and oxygen atoms in total. The van der Waals surface area contributed by atoms with E-state index in [9.17, 15) is 18.0 Å². The summed E-state index contributed by atoms with van der Waals surface area (Å²) < 4.78 is 28.3. The highest BCUT2D eigenvalue weighted by Gasteiger charge is 2.28. The van der Waals surface area contributed by atoms with Crippen LogP contribution in [-0.2, 0) is 19.4 Å². The zero-order chi connectivity index (χ0) is 18.7. The van der Waals surface area contributed by atoms with Crippen molar-refractivity contribution in [2.75, 3.05) is 23.4 Å². The average molecular weight is 377 g/mol. The first-order valence-electron chi connectivity index (χ1n) is 8.23. The zero-order valence-electron chi connectivity index (χ0n) is 14.0. The second kappa shape index (κ2) is 7.33. The summed E-state index contributed by atoms with van der Waals surface area (Å²) in [6.07, 6.45) is 0.651. The largest absolute Gasteiger partial charge is 0.481 e. The van der Waals surface area contributed by atoms with Crippen LogP contribution in [0.15, 0.2) is 36.4 Å². The van der Waals surface area contributed by atoms with Gasteiger partial charge in [-0.25, -0.2) is 13.2 Å². The first kappa shape index (κ1) is 18.2. The predicted molar refractivity (Wildman–Crippen MR) is 97.1 cm³/mol. The van der Waals surface area contributed by atoms with Crippen molar-refractivity contribution in [3.63, 3.8) is 0 Å². The number of benzene rings is 2. The number of carbonyl (C=O) groups is 2. The van der Waals surface area contributed by atoms with Crippen molar-refractivity contribution in [3.8, 4) is 5.75 Å². The van der Waals surface area contributed by atoms with Crippen LogP contribution < -0.4 is 10.1 Å². The van der Waals surface area contributed by atoms with Gasteiger partial charge in [-0.2, -0.15) is 0 Å². The van der Waals surface area contributed by atoms with Crippen molar-refractivity contribution in [2.45, 2.75) is 12.8 Å². The van der Waals surface area contributed by atoms with E-state index in [0.717, 1.165) is 5.39 Å². The molecule has 0 radical (unpaired) electrons. The van der Waals surface area contributed by atoms with Gasteiger partial charge in [-0.15, -0.1) is 0 Å². The summed E-state index contributed by atoms with van der Waals surface area (Å²) in [5.41, 5.74) is 0.585. The highest BCUT2D eigenvalue weighted by molar-refractivity contribution is 7.91. The molecular formula is C18H19NO6S. The predicted octanol–water partition coefficient (Wildman–Crippen LogP) is 2.07. The Morgan fingerprint density at radius 1 is 1.08 bits per heavy atom. The Bertz CT molecular complexity index is 939. The molecule has 1 fully saturated rings.